The first-order valence-electron chi connectivity index (χ1n) is 34.3. The van der Waals surface area contributed by atoms with Crippen molar-refractivity contribution in [3.8, 4) is 22.3 Å². The monoisotopic (exact) mass is 1590 g/mol. The number of nitrogens with zero attached hydrogens (tertiary/aromatic N) is 3. The molecule has 0 spiro atoms. The number of benzene rings is 13. The van der Waals surface area contributed by atoms with Crippen molar-refractivity contribution in [2.24, 2.45) is 0 Å². The minimum atomic E-state index is -3.68. The number of anilines is 9. The zero-order chi connectivity index (χ0) is 74.1. The number of halogens is 2. The normalized spacial score (nSPS) is 15.7. The second kappa shape index (κ2) is 26.2. The molecule has 0 bridgehead atoms. The van der Waals surface area contributed by atoms with Crippen molar-refractivity contribution in [3.05, 3.63) is 321 Å². The molecule has 0 aliphatic carbocycles. The third-order valence-corrected chi connectivity index (χ3v) is 27.4. The van der Waals surface area contributed by atoms with E-state index in [1.54, 1.807) is 66.7 Å². The summed E-state index contributed by atoms with van der Waals surface area (Å²) in [6.07, 6.45) is 0. The number of hydrogen-bond acceptors (Lipinski definition) is 14. The van der Waals surface area contributed by atoms with Crippen LogP contribution in [0.2, 0.25) is 0 Å². The van der Waals surface area contributed by atoms with E-state index in [2.05, 4.69) is 42.6 Å². The van der Waals surface area contributed by atoms with Gasteiger partial charge in [-0.3, -0.25) is 13.8 Å². The first kappa shape index (κ1) is 69.1. The topological polar surface area (TPSA) is 174 Å². The molecular formula is C87H62BBr2N3O11S3. The molecule has 20 heteroatoms. The van der Waals surface area contributed by atoms with Gasteiger partial charge in [0.05, 0.1) is 96.2 Å². The van der Waals surface area contributed by atoms with Crippen LogP contribution < -0.4 is 31.0 Å². The zero-order valence-electron chi connectivity index (χ0n) is 57.8. The van der Waals surface area contributed by atoms with E-state index in [4.69, 9.17) is 18.1 Å². The summed E-state index contributed by atoms with van der Waals surface area (Å²) in [4.78, 5) is 35.2. The van der Waals surface area contributed by atoms with Crippen LogP contribution in [-0.4, -0.2) is 45.2 Å². The second-order valence-electron chi connectivity index (χ2n) is 27.3. The van der Waals surface area contributed by atoms with Crippen LogP contribution in [0.15, 0.2) is 348 Å². The summed E-state index contributed by atoms with van der Waals surface area (Å²) in [6.45, 7) is 8.12. The van der Waals surface area contributed by atoms with E-state index in [9.17, 15) is 30.6 Å². The molecule has 6 heterocycles. The molecule has 0 amide bonds. The van der Waals surface area contributed by atoms with Crippen molar-refractivity contribution in [1.82, 2.24) is 0 Å². The summed E-state index contributed by atoms with van der Waals surface area (Å²) in [5, 5.41) is 2.14. The van der Waals surface area contributed by atoms with Crippen LogP contribution >= 0.6 is 31.9 Å². The lowest BCUT2D eigenvalue weighted by Crippen LogP contribution is -2.41. The highest BCUT2D eigenvalue weighted by atomic mass is 79.9. The van der Waals surface area contributed by atoms with Crippen molar-refractivity contribution >= 4 is 175 Å². The van der Waals surface area contributed by atoms with E-state index in [1.165, 1.54) is 0 Å². The molecule has 107 heavy (non-hydrogen) atoms. The molecule has 1 fully saturated rings. The van der Waals surface area contributed by atoms with Crippen molar-refractivity contribution in [1.29, 1.82) is 0 Å². The van der Waals surface area contributed by atoms with Gasteiger partial charge in [0.2, 0.25) is 30.5 Å². The molecular weight excluding hydrogens is 1530 g/mol. The van der Waals surface area contributed by atoms with Crippen molar-refractivity contribution in [3.63, 3.8) is 0 Å². The lowest BCUT2D eigenvalue weighted by atomic mass is 9.79. The van der Waals surface area contributed by atoms with E-state index in [-0.39, 0.29) is 20.6 Å². The molecule has 19 rings (SSSR count). The maximum atomic E-state index is 14.3. The van der Waals surface area contributed by atoms with Gasteiger partial charge >= 0.3 is 7.12 Å². The molecule has 0 radical (unpaired) electrons. The van der Waals surface area contributed by atoms with Crippen LogP contribution in [0.1, 0.15) is 27.7 Å². The van der Waals surface area contributed by atoms with Gasteiger partial charge < -0.3 is 32.8 Å². The summed E-state index contributed by atoms with van der Waals surface area (Å²) < 4.78 is 93.5. The van der Waals surface area contributed by atoms with Crippen LogP contribution in [0, 0.1) is 0 Å². The number of rotatable bonds is 6. The van der Waals surface area contributed by atoms with E-state index < -0.39 is 47.5 Å². The summed E-state index contributed by atoms with van der Waals surface area (Å²) in [7, 11) is -10.4. The predicted octanol–water partition coefficient (Wildman–Crippen LogP) is 20.9. The number of sulfone groups is 2. The first-order valence-corrected chi connectivity index (χ1v) is 40.6. The van der Waals surface area contributed by atoms with Gasteiger partial charge in [-0.1, -0.05) is 149 Å². The fourth-order valence-corrected chi connectivity index (χ4v) is 20.3. The first-order chi connectivity index (χ1) is 51.5. The maximum absolute atomic E-state index is 14.3. The minimum absolute atomic E-state index is 0.0128. The molecule has 13 aromatic carbocycles. The number of hydrogen-bond donors (Lipinski definition) is 0. The highest BCUT2D eigenvalue weighted by Crippen LogP contribution is 2.52. The standard InChI is InChI=1S/C50H32N2O5S2.C24H24BNO4S.C13H6Br2O2/c1-58(54)45-17-6-2-12-39(45)51(40-13-3-7-18-46(40)58)35-26-21-32(22-27-35)34-25-30-38-44(31-34)57-43-16-10-11-37(49(43)50(38)53)33-23-28-36(29-24-33)52-41-14-4-8-19-47(41)59(55,56)48-20-9-5-15-42(48)52;1-23(2)24(3,4)30-25(29-23)17-13-15-18(16-14-17)26-19-9-5-7-11-21(19)31(27,28)22-12-8-6-10-20(22)26;14-7-4-5-8-11(6-7)17-10-3-1-2-9(15)12(10)13(8)16/h2-31H,1H2;5-16H,1-4H3;1-6H. The Morgan fingerprint density at radius 1 is 0.355 bits per heavy atom. The van der Waals surface area contributed by atoms with E-state index in [0.717, 1.165) is 65.1 Å². The smallest absolute Gasteiger partial charge is 0.456 e. The summed E-state index contributed by atoms with van der Waals surface area (Å²) in [5.41, 5.74) is 12.2. The fourth-order valence-electron chi connectivity index (χ4n) is 14.4. The van der Waals surface area contributed by atoms with Gasteiger partial charge in [0.25, 0.3) is 0 Å². The average molecular weight is 1590 g/mol. The molecule has 2 aromatic heterocycles. The van der Waals surface area contributed by atoms with Gasteiger partial charge in [-0.25, -0.2) is 16.8 Å². The van der Waals surface area contributed by atoms with Crippen molar-refractivity contribution < 1.29 is 39.2 Å². The Bertz CT molecular complexity index is 6520. The van der Waals surface area contributed by atoms with E-state index >= 15 is 0 Å². The Hall–Kier alpha value is -10.9. The Morgan fingerprint density at radius 3 is 1.17 bits per heavy atom. The fraction of sp³-hybridized carbons (Fsp3) is 0.0690. The number of fused-ring (bicyclic) bond motifs is 10. The molecule has 0 N–H and O–H groups in total. The Morgan fingerprint density at radius 2 is 0.710 bits per heavy atom. The van der Waals surface area contributed by atoms with Gasteiger partial charge in [-0.05, 0) is 235 Å². The highest BCUT2D eigenvalue weighted by Gasteiger charge is 2.52. The molecule has 0 unspecified atom stereocenters. The molecule has 4 aliphatic heterocycles. The van der Waals surface area contributed by atoms with Gasteiger partial charge in [-0.2, -0.15) is 0 Å². The summed E-state index contributed by atoms with van der Waals surface area (Å²) in [5.74, 6) is 4.15. The van der Waals surface area contributed by atoms with Gasteiger partial charge in [-0.15, -0.1) is 0 Å². The van der Waals surface area contributed by atoms with Crippen molar-refractivity contribution in [2.45, 2.75) is 68.3 Å². The molecule has 1 saturated heterocycles. The predicted molar refractivity (Wildman–Crippen MR) is 435 cm³/mol. The van der Waals surface area contributed by atoms with Crippen LogP contribution in [0.25, 0.3) is 66.1 Å². The third kappa shape index (κ3) is 11.6. The molecule has 0 atom stereocenters. The van der Waals surface area contributed by atoms with Gasteiger partial charge in [0.15, 0.2) is 0 Å². The SMILES string of the molecule is C=S1(=O)c2ccccc2N(c2ccc(-c3ccc4c(=O)c5c(-c6ccc(N7c8ccccc8S(=O)(=O)c8ccccc87)cc6)cccc5oc4c3)cc2)c2ccccc21.CC1(C)OB(c2ccc(N3c4ccccc4S(=O)(=O)c4ccccc43)cc2)OC1(C)C.O=c1c2ccc(Br)cc2oc2cccc(Br)c12. The van der Waals surface area contributed by atoms with Crippen LogP contribution in [0.4, 0.5) is 51.2 Å². The van der Waals surface area contributed by atoms with Gasteiger partial charge in [0.1, 0.15) is 22.3 Å². The highest BCUT2D eigenvalue weighted by molar-refractivity contribution is 9.11. The quantitative estimate of drug-likeness (QED) is 0.0873. The average Bonchev–Trinajstić information content (AvgIpc) is 1.26. The van der Waals surface area contributed by atoms with Gasteiger partial charge in [0, 0.05) is 35.5 Å². The Kier molecular flexibility index (Phi) is 16.9. The Balaban J connectivity index is 0.000000144. The number of para-hydroxylation sites is 6. The molecule has 526 valence electrons. The van der Waals surface area contributed by atoms with Crippen LogP contribution in [0.3, 0.4) is 0 Å². The zero-order valence-corrected chi connectivity index (χ0v) is 63.4. The Labute approximate surface area is 634 Å². The molecule has 14 nitrogen and oxygen atoms in total. The van der Waals surface area contributed by atoms with Crippen LogP contribution in [-0.2, 0) is 38.5 Å². The third-order valence-electron chi connectivity index (χ3n) is 20.4. The maximum Gasteiger partial charge on any atom is 0.494 e. The van der Waals surface area contributed by atoms with Crippen LogP contribution in [0.5, 0.6) is 0 Å². The lowest BCUT2D eigenvalue weighted by Gasteiger charge is -2.35. The van der Waals surface area contributed by atoms with E-state index in [1.807, 2.05) is 262 Å². The lowest BCUT2D eigenvalue weighted by molar-refractivity contribution is 0.00578. The summed E-state index contributed by atoms with van der Waals surface area (Å²) in [6, 6.07) is 89.7. The minimum Gasteiger partial charge on any atom is -0.456 e. The second-order valence-corrected chi connectivity index (χ2v) is 35.0. The van der Waals surface area contributed by atoms with E-state index in [0.29, 0.717) is 86.2 Å². The van der Waals surface area contributed by atoms with Crippen molar-refractivity contribution in [2.75, 3.05) is 14.7 Å². The summed E-state index contributed by atoms with van der Waals surface area (Å²) >= 11 is 6.74. The molecule has 0 saturated carbocycles. The molecule has 4 aliphatic rings. The molecule has 15 aromatic rings. The largest absolute Gasteiger partial charge is 0.494 e.